The van der Waals surface area contributed by atoms with Crippen LogP contribution in [0.4, 0.5) is 0 Å². The highest BCUT2D eigenvalue weighted by Gasteiger charge is 2.31. The molecule has 0 radical (unpaired) electrons. The molecule has 4 heteroatoms. The van der Waals surface area contributed by atoms with Gasteiger partial charge < -0.3 is 21.7 Å². The minimum atomic E-state index is -0.304. The van der Waals surface area contributed by atoms with Gasteiger partial charge in [-0.2, -0.15) is 0 Å². The fourth-order valence-electron chi connectivity index (χ4n) is 3.46. The van der Waals surface area contributed by atoms with Crippen LogP contribution in [0.2, 0.25) is 0 Å². The molecule has 0 amide bonds. The molecular weight excluding hydrogens is 216 g/mol. The van der Waals surface area contributed by atoms with Crippen LogP contribution in [0.15, 0.2) is 0 Å². The molecule has 2 fully saturated rings. The van der Waals surface area contributed by atoms with Crippen molar-refractivity contribution < 1.29 is 10.2 Å². The van der Waals surface area contributed by atoms with Crippen molar-refractivity contribution in [2.45, 2.75) is 69.2 Å². The fraction of sp³-hybridized carbons (Fsp3) is 1.00. The third kappa shape index (κ3) is 3.41. The van der Waals surface area contributed by atoms with Gasteiger partial charge >= 0.3 is 0 Å². The number of hydrogen-bond acceptors (Lipinski definition) is 4. The zero-order valence-corrected chi connectivity index (χ0v) is 10.5. The molecule has 17 heavy (non-hydrogen) atoms. The lowest BCUT2D eigenvalue weighted by Crippen LogP contribution is -2.43. The zero-order valence-electron chi connectivity index (χ0n) is 10.5. The Morgan fingerprint density at radius 1 is 0.765 bits per heavy atom. The van der Waals surface area contributed by atoms with Gasteiger partial charge in [0.1, 0.15) is 0 Å². The van der Waals surface area contributed by atoms with E-state index >= 15 is 0 Å². The topological polar surface area (TPSA) is 92.5 Å². The quantitative estimate of drug-likeness (QED) is 0.562. The van der Waals surface area contributed by atoms with Crippen LogP contribution in [0, 0.1) is 11.8 Å². The number of aliphatic hydroxyl groups excluding tert-OH is 2. The summed E-state index contributed by atoms with van der Waals surface area (Å²) in [6, 6.07) is -0.0896. The molecule has 0 aromatic carbocycles. The third-order valence-corrected chi connectivity index (χ3v) is 4.61. The molecule has 2 rings (SSSR count). The normalized spacial score (nSPS) is 48.0. The first kappa shape index (κ1) is 13.3. The molecule has 0 aromatic heterocycles. The number of rotatable bonds is 2. The molecule has 6 unspecified atom stereocenters. The molecule has 0 bridgehead atoms. The summed E-state index contributed by atoms with van der Waals surface area (Å²) in [5, 5.41) is 19.2. The van der Waals surface area contributed by atoms with Crippen LogP contribution in [0.25, 0.3) is 0 Å². The second-order valence-electron chi connectivity index (χ2n) is 6.06. The second kappa shape index (κ2) is 5.65. The van der Waals surface area contributed by atoms with E-state index in [0.29, 0.717) is 11.8 Å². The molecule has 2 aliphatic rings. The molecular formula is C13H26N2O2. The van der Waals surface area contributed by atoms with E-state index in [1.165, 1.54) is 6.42 Å². The van der Waals surface area contributed by atoms with Gasteiger partial charge in [-0.3, -0.25) is 0 Å². The largest absolute Gasteiger partial charge is 0.392 e. The van der Waals surface area contributed by atoms with E-state index in [2.05, 4.69) is 0 Å². The molecule has 2 aliphatic carbocycles. The molecule has 4 nitrogen and oxygen atoms in total. The van der Waals surface area contributed by atoms with E-state index in [1.54, 1.807) is 0 Å². The Bertz CT molecular complexity index is 226. The van der Waals surface area contributed by atoms with Gasteiger partial charge in [0.05, 0.1) is 12.2 Å². The van der Waals surface area contributed by atoms with Gasteiger partial charge in [0.2, 0.25) is 0 Å². The maximum Gasteiger partial charge on any atom is 0.0691 e. The molecule has 2 saturated carbocycles. The summed E-state index contributed by atoms with van der Waals surface area (Å²) in [7, 11) is 0. The van der Waals surface area contributed by atoms with Gasteiger partial charge in [0, 0.05) is 12.1 Å². The summed E-state index contributed by atoms with van der Waals surface area (Å²) < 4.78 is 0. The van der Waals surface area contributed by atoms with Crippen molar-refractivity contribution in [2.75, 3.05) is 0 Å². The maximum absolute atomic E-state index is 9.60. The standard InChI is InChI=1S/C13H26N2O2/c14-10-6-8(1-3-12(10)16)5-9-2-4-13(17)11(15)7-9/h8-13,16-17H,1-7,14-15H2. The van der Waals surface area contributed by atoms with E-state index in [-0.39, 0.29) is 24.3 Å². The van der Waals surface area contributed by atoms with Crippen LogP contribution in [-0.2, 0) is 0 Å². The monoisotopic (exact) mass is 242 g/mol. The van der Waals surface area contributed by atoms with Crippen LogP contribution in [0.1, 0.15) is 44.9 Å². The Hall–Kier alpha value is -0.160. The second-order valence-corrected chi connectivity index (χ2v) is 6.06. The van der Waals surface area contributed by atoms with Gasteiger partial charge in [0.25, 0.3) is 0 Å². The molecule has 0 aromatic rings. The smallest absolute Gasteiger partial charge is 0.0691 e. The summed E-state index contributed by atoms with van der Waals surface area (Å²) in [6.07, 6.45) is 6.29. The molecule has 6 atom stereocenters. The number of hydrogen-bond donors (Lipinski definition) is 4. The lowest BCUT2D eigenvalue weighted by atomic mass is 9.74. The molecule has 0 spiro atoms. The van der Waals surface area contributed by atoms with Crippen molar-refractivity contribution in [1.82, 2.24) is 0 Å². The van der Waals surface area contributed by atoms with E-state index in [9.17, 15) is 10.2 Å². The molecule has 6 N–H and O–H groups in total. The molecule has 0 aliphatic heterocycles. The Morgan fingerprint density at radius 3 is 1.53 bits per heavy atom. The van der Waals surface area contributed by atoms with Crippen LogP contribution in [-0.4, -0.2) is 34.5 Å². The predicted molar refractivity (Wildman–Crippen MR) is 67.3 cm³/mol. The number of aliphatic hydroxyl groups is 2. The zero-order chi connectivity index (χ0) is 12.4. The predicted octanol–water partition coefficient (Wildman–Crippen LogP) is 0.353. The lowest BCUT2D eigenvalue weighted by molar-refractivity contribution is 0.0593. The van der Waals surface area contributed by atoms with Gasteiger partial charge in [-0.25, -0.2) is 0 Å². The molecule has 0 saturated heterocycles. The summed E-state index contributed by atoms with van der Waals surface area (Å²) in [6.45, 7) is 0. The Kier molecular flexibility index (Phi) is 4.42. The van der Waals surface area contributed by atoms with Crippen LogP contribution < -0.4 is 11.5 Å². The first-order valence-electron chi connectivity index (χ1n) is 6.93. The number of nitrogens with two attached hydrogens (primary N) is 2. The van der Waals surface area contributed by atoms with E-state index in [4.69, 9.17) is 11.5 Å². The first-order chi connectivity index (χ1) is 8.06. The highest BCUT2D eigenvalue weighted by atomic mass is 16.3. The minimum absolute atomic E-state index is 0.0448. The SMILES string of the molecule is NC1CC(CC2CCC(O)C(N)C2)CCC1O. The van der Waals surface area contributed by atoms with Crippen LogP contribution >= 0.6 is 0 Å². The Labute approximate surface area is 103 Å². The van der Waals surface area contributed by atoms with Crippen molar-refractivity contribution in [2.24, 2.45) is 23.3 Å². The van der Waals surface area contributed by atoms with Crippen molar-refractivity contribution in [3.8, 4) is 0 Å². The lowest BCUT2D eigenvalue weighted by Gasteiger charge is -2.36. The molecule has 100 valence electrons. The minimum Gasteiger partial charge on any atom is -0.392 e. The fourth-order valence-corrected chi connectivity index (χ4v) is 3.46. The first-order valence-corrected chi connectivity index (χ1v) is 6.93. The van der Waals surface area contributed by atoms with Crippen LogP contribution in [0.5, 0.6) is 0 Å². The maximum atomic E-state index is 9.60. The van der Waals surface area contributed by atoms with Crippen molar-refractivity contribution >= 4 is 0 Å². The average Bonchev–Trinajstić information content (AvgIpc) is 2.29. The van der Waals surface area contributed by atoms with Crippen molar-refractivity contribution in [3.63, 3.8) is 0 Å². The summed E-state index contributed by atoms with van der Waals surface area (Å²) in [5.41, 5.74) is 11.8. The Morgan fingerprint density at radius 2 is 1.18 bits per heavy atom. The van der Waals surface area contributed by atoms with Gasteiger partial charge in [-0.05, 0) is 56.8 Å². The van der Waals surface area contributed by atoms with Gasteiger partial charge in [0.15, 0.2) is 0 Å². The highest BCUT2D eigenvalue weighted by Crippen LogP contribution is 2.34. The summed E-state index contributed by atoms with van der Waals surface area (Å²) in [4.78, 5) is 0. The summed E-state index contributed by atoms with van der Waals surface area (Å²) >= 11 is 0. The van der Waals surface area contributed by atoms with Crippen LogP contribution in [0.3, 0.4) is 0 Å². The highest BCUT2D eigenvalue weighted by molar-refractivity contribution is 4.87. The van der Waals surface area contributed by atoms with E-state index in [1.807, 2.05) is 0 Å². The third-order valence-electron chi connectivity index (χ3n) is 4.61. The Balaban J connectivity index is 1.78. The van der Waals surface area contributed by atoms with Crippen molar-refractivity contribution in [3.05, 3.63) is 0 Å². The van der Waals surface area contributed by atoms with E-state index in [0.717, 1.165) is 38.5 Å². The van der Waals surface area contributed by atoms with Gasteiger partial charge in [-0.15, -0.1) is 0 Å². The molecule has 0 heterocycles. The van der Waals surface area contributed by atoms with Gasteiger partial charge in [-0.1, -0.05) is 0 Å². The van der Waals surface area contributed by atoms with Crippen molar-refractivity contribution in [1.29, 1.82) is 0 Å². The summed E-state index contributed by atoms with van der Waals surface area (Å²) in [5.74, 6) is 1.28. The van der Waals surface area contributed by atoms with E-state index < -0.39 is 0 Å². The average molecular weight is 242 g/mol.